The Morgan fingerprint density at radius 3 is 2.65 bits per heavy atom. The minimum Gasteiger partial charge on any atom is -0.354 e. The lowest BCUT2D eigenvalue weighted by atomic mass is 10.1. The van der Waals surface area contributed by atoms with Gasteiger partial charge in [-0.3, -0.25) is 9.48 Å². The molecule has 2 rings (SSSR count). The van der Waals surface area contributed by atoms with Crippen molar-refractivity contribution in [3.63, 3.8) is 0 Å². The Hall–Kier alpha value is -2.11. The third kappa shape index (κ3) is 3.07. The molecule has 0 atom stereocenters. The van der Waals surface area contributed by atoms with Gasteiger partial charge < -0.3 is 9.88 Å². The third-order valence-corrected chi connectivity index (χ3v) is 3.59. The summed E-state index contributed by atoms with van der Waals surface area (Å²) in [6, 6.07) is 0. The Morgan fingerprint density at radius 2 is 2.10 bits per heavy atom. The number of hydrogen-bond donors (Lipinski definition) is 1. The van der Waals surface area contributed by atoms with E-state index < -0.39 is 0 Å². The molecule has 0 unspecified atom stereocenters. The van der Waals surface area contributed by atoms with E-state index in [0.29, 0.717) is 13.1 Å². The average molecular weight is 275 g/mol. The fraction of sp³-hybridized carbons (Fsp3) is 0.500. The van der Waals surface area contributed by atoms with Crippen LogP contribution in [-0.4, -0.2) is 31.8 Å². The van der Waals surface area contributed by atoms with E-state index in [1.165, 1.54) is 5.56 Å². The number of rotatable bonds is 5. The summed E-state index contributed by atoms with van der Waals surface area (Å²) in [6.07, 6.45) is 4.31. The first-order chi connectivity index (χ1) is 9.49. The first-order valence-corrected chi connectivity index (χ1v) is 6.72. The molecule has 0 saturated carbocycles. The molecule has 2 aromatic heterocycles. The van der Waals surface area contributed by atoms with Crippen LogP contribution in [0.5, 0.6) is 0 Å². The number of carbonyl (C=O) groups excluding carboxylic acids is 1. The van der Waals surface area contributed by atoms with Gasteiger partial charge in [-0.1, -0.05) is 0 Å². The molecule has 0 bridgehead atoms. The quantitative estimate of drug-likeness (QED) is 0.881. The fourth-order valence-electron chi connectivity index (χ4n) is 2.29. The van der Waals surface area contributed by atoms with Crippen molar-refractivity contribution in [3.05, 3.63) is 35.2 Å². The number of nitrogens with zero attached hydrogens (tertiary/aromatic N) is 4. The summed E-state index contributed by atoms with van der Waals surface area (Å²) in [6.45, 7) is 6.87. The van der Waals surface area contributed by atoms with Crippen molar-refractivity contribution in [1.82, 2.24) is 24.6 Å². The van der Waals surface area contributed by atoms with Gasteiger partial charge in [0.15, 0.2) is 0 Å². The first-order valence-electron chi connectivity index (χ1n) is 6.72. The molecular weight excluding hydrogens is 254 g/mol. The predicted octanol–water partition coefficient (Wildman–Crippen LogP) is 0.901. The smallest absolute Gasteiger partial charge is 0.239 e. The largest absolute Gasteiger partial charge is 0.354 e. The van der Waals surface area contributed by atoms with Crippen molar-refractivity contribution in [1.29, 1.82) is 0 Å². The lowest BCUT2D eigenvalue weighted by Gasteiger charge is -2.07. The molecule has 108 valence electrons. The first kappa shape index (κ1) is 14.3. The van der Waals surface area contributed by atoms with E-state index in [1.54, 1.807) is 6.20 Å². The normalized spacial score (nSPS) is 10.8. The Labute approximate surface area is 118 Å². The second-order valence-corrected chi connectivity index (χ2v) is 4.98. The summed E-state index contributed by atoms with van der Waals surface area (Å²) < 4.78 is 3.71. The predicted molar refractivity (Wildman–Crippen MR) is 76.4 cm³/mol. The zero-order chi connectivity index (χ0) is 14.7. The van der Waals surface area contributed by atoms with Crippen LogP contribution in [0.25, 0.3) is 0 Å². The summed E-state index contributed by atoms with van der Waals surface area (Å²) >= 11 is 0. The number of carbonyl (C=O) groups is 1. The number of nitrogens with one attached hydrogen (secondary N) is 1. The van der Waals surface area contributed by atoms with Crippen LogP contribution in [-0.2, 0) is 24.8 Å². The number of hydrogen-bond acceptors (Lipinski definition) is 3. The second kappa shape index (κ2) is 5.90. The zero-order valence-corrected chi connectivity index (χ0v) is 12.5. The molecule has 0 spiro atoms. The SMILES string of the molecule is Cc1nn(C)c(C)c1CCNC(=O)Cn1ccnc1C. The Balaban J connectivity index is 1.84. The lowest BCUT2D eigenvalue weighted by molar-refractivity contribution is -0.121. The number of aromatic nitrogens is 4. The van der Waals surface area contributed by atoms with Crippen molar-refractivity contribution in [2.24, 2.45) is 7.05 Å². The summed E-state index contributed by atoms with van der Waals surface area (Å²) in [5.41, 5.74) is 3.40. The maximum absolute atomic E-state index is 11.8. The molecule has 6 nitrogen and oxygen atoms in total. The summed E-state index contributed by atoms with van der Waals surface area (Å²) in [5.74, 6) is 0.851. The molecule has 2 aromatic rings. The van der Waals surface area contributed by atoms with E-state index in [4.69, 9.17) is 0 Å². The number of aryl methyl sites for hydroxylation is 3. The summed E-state index contributed by atoms with van der Waals surface area (Å²) in [7, 11) is 1.94. The third-order valence-electron chi connectivity index (χ3n) is 3.59. The van der Waals surface area contributed by atoms with E-state index in [2.05, 4.69) is 15.4 Å². The van der Waals surface area contributed by atoms with Crippen LogP contribution in [0.4, 0.5) is 0 Å². The fourth-order valence-corrected chi connectivity index (χ4v) is 2.29. The highest BCUT2D eigenvalue weighted by Crippen LogP contribution is 2.11. The molecule has 1 amide bonds. The Morgan fingerprint density at radius 1 is 1.35 bits per heavy atom. The van der Waals surface area contributed by atoms with Crippen molar-refractivity contribution in [3.8, 4) is 0 Å². The second-order valence-electron chi connectivity index (χ2n) is 4.98. The number of amides is 1. The molecule has 0 aliphatic carbocycles. The van der Waals surface area contributed by atoms with Gasteiger partial charge in [0.2, 0.25) is 5.91 Å². The Bertz CT molecular complexity index is 611. The summed E-state index contributed by atoms with van der Waals surface area (Å²) in [5, 5.41) is 7.31. The van der Waals surface area contributed by atoms with Crippen molar-refractivity contribution >= 4 is 5.91 Å². The van der Waals surface area contributed by atoms with Gasteiger partial charge in [-0.2, -0.15) is 5.10 Å². The molecule has 0 aromatic carbocycles. The molecule has 0 aliphatic heterocycles. The van der Waals surface area contributed by atoms with Crippen LogP contribution >= 0.6 is 0 Å². The van der Waals surface area contributed by atoms with Gasteiger partial charge in [-0.15, -0.1) is 0 Å². The molecule has 0 radical (unpaired) electrons. The van der Waals surface area contributed by atoms with E-state index in [9.17, 15) is 4.79 Å². The molecule has 20 heavy (non-hydrogen) atoms. The monoisotopic (exact) mass is 275 g/mol. The standard InChI is InChI=1S/C14H21N5O/c1-10-13(11(2)18(4)17-10)5-6-16-14(20)9-19-8-7-15-12(19)3/h7-8H,5-6,9H2,1-4H3,(H,16,20). The summed E-state index contributed by atoms with van der Waals surface area (Å²) in [4.78, 5) is 15.9. The highest BCUT2D eigenvalue weighted by molar-refractivity contribution is 5.75. The average Bonchev–Trinajstić information content (AvgIpc) is 2.88. The van der Waals surface area contributed by atoms with Gasteiger partial charge in [-0.05, 0) is 32.8 Å². The van der Waals surface area contributed by atoms with Crippen LogP contribution in [0.3, 0.4) is 0 Å². The maximum Gasteiger partial charge on any atom is 0.239 e. The van der Waals surface area contributed by atoms with E-state index in [-0.39, 0.29) is 5.91 Å². The zero-order valence-electron chi connectivity index (χ0n) is 12.5. The molecule has 6 heteroatoms. The van der Waals surface area contributed by atoms with Gasteiger partial charge in [0.1, 0.15) is 12.4 Å². The van der Waals surface area contributed by atoms with E-state index in [0.717, 1.165) is 23.6 Å². The van der Waals surface area contributed by atoms with Crippen LogP contribution in [0, 0.1) is 20.8 Å². The lowest BCUT2D eigenvalue weighted by Crippen LogP contribution is -2.29. The molecule has 2 heterocycles. The van der Waals surface area contributed by atoms with Gasteiger partial charge in [-0.25, -0.2) is 4.98 Å². The maximum atomic E-state index is 11.8. The molecular formula is C14H21N5O. The van der Waals surface area contributed by atoms with Crippen LogP contribution in [0.1, 0.15) is 22.8 Å². The minimum absolute atomic E-state index is 0.00490. The van der Waals surface area contributed by atoms with E-state index in [1.807, 2.05) is 43.3 Å². The van der Waals surface area contributed by atoms with Crippen LogP contribution in [0.15, 0.2) is 12.4 Å². The van der Waals surface area contributed by atoms with Gasteiger partial charge >= 0.3 is 0 Å². The molecule has 1 N–H and O–H groups in total. The van der Waals surface area contributed by atoms with Gasteiger partial charge in [0.25, 0.3) is 0 Å². The molecule has 0 fully saturated rings. The highest BCUT2D eigenvalue weighted by Gasteiger charge is 2.10. The van der Waals surface area contributed by atoms with Gasteiger partial charge in [0, 0.05) is 31.7 Å². The molecule has 0 saturated heterocycles. The Kier molecular flexibility index (Phi) is 4.22. The molecule has 0 aliphatic rings. The van der Waals surface area contributed by atoms with Crippen molar-refractivity contribution < 1.29 is 4.79 Å². The van der Waals surface area contributed by atoms with Crippen LogP contribution in [0.2, 0.25) is 0 Å². The number of imidazole rings is 1. The van der Waals surface area contributed by atoms with Crippen molar-refractivity contribution in [2.45, 2.75) is 33.7 Å². The van der Waals surface area contributed by atoms with Gasteiger partial charge in [0.05, 0.1) is 5.69 Å². The highest BCUT2D eigenvalue weighted by atomic mass is 16.1. The van der Waals surface area contributed by atoms with Crippen molar-refractivity contribution in [2.75, 3.05) is 6.54 Å². The minimum atomic E-state index is 0.00490. The van der Waals surface area contributed by atoms with Crippen LogP contribution < -0.4 is 5.32 Å². The van der Waals surface area contributed by atoms with E-state index >= 15 is 0 Å². The topological polar surface area (TPSA) is 64.7 Å².